The van der Waals surface area contributed by atoms with E-state index in [4.69, 9.17) is 9.63 Å². The van der Waals surface area contributed by atoms with E-state index in [1.165, 1.54) is 0 Å². The van der Waals surface area contributed by atoms with Crippen molar-refractivity contribution in [1.82, 2.24) is 25.6 Å². The van der Waals surface area contributed by atoms with Gasteiger partial charge in [-0.1, -0.05) is 11.2 Å². The number of carboxylic acids is 1. The van der Waals surface area contributed by atoms with E-state index in [1.54, 1.807) is 0 Å². The Balaban J connectivity index is 0.00000272. The molecule has 0 radical (unpaired) electrons. The fraction of sp³-hybridized carbons (Fsp3) is 0.429. The lowest BCUT2D eigenvalue weighted by molar-refractivity contribution is -0.138. The quantitative estimate of drug-likeness (QED) is 0.536. The molecule has 1 fully saturated rings. The Morgan fingerprint density at radius 2 is 2.03 bits per heavy atom. The highest BCUT2D eigenvalue weighted by Crippen LogP contribution is 2.30. The van der Waals surface area contributed by atoms with Crippen LogP contribution in [0.2, 0.25) is 0 Å². The van der Waals surface area contributed by atoms with E-state index in [0.29, 0.717) is 18.2 Å². The Morgan fingerprint density at radius 1 is 1.29 bits per heavy atom. The first-order valence-corrected chi connectivity index (χ1v) is 10.1. The number of rotatable bonds is 6. The Bertz CT molecular complexity index is 1060. The molecule has 0 unspecified atom stereocenters. The number of nitrogens with zero attached hydrogens (tertiary/aromatic N) is 3. The summed E-state index contributed by atoms with van der Waals surface area (Å²) in [5.74, 6) is 0.0471. The number of aliphatic carboxylic acids is 1. The van der Waals surface area contributed by atoms with Crippen molar-refractivity contribution in [2.24, 2.45) is 5.92 Å². The number of carbonyl (C=O) groups excluding carboxylic acids is 1. The van der Waals surface area contributed by atoms with Crippen LogP contribution in [-0.4, -0.2) is 68.9 Å². The highest BCUT2D eigenvalue weighted by molar-refractivity contribution is 6.05. The maximum atomic E-state index is 12.8. The van der Waals surface area contributed by atoms with Crippen molar-refractivity contribution in [2.45, 2.75) is 26.7 Å². The predicted octanol–water partition coefficient (Wildman–Crippen LogP) is 1.54. The minimum absolute atomic E-state index is 0. The van der Waals surface area contributed by atoms with E-state index in [0.717, 1.165) is 59.4 Å². The van der Waals surface area contributed by atoms with Crippen molar-refractivity contribution < 1.29 is 24.7 Å². The molecule has 1 aliphatic heterocycles. The summed E-state index contributed by atoms with van der Waals surface area (Å²) >= 11 is 0. The second-order valence-electron chi connectivity index (χ2n) is 7.86. The van der Waals surface area contributed by atoms with Crippen LogP contribution in [0, 0.1) is 19.8 Å². The van der Waals surface area contributed by atoms with Crippen LogP contribution >= 0.6 is 0 Å². The normalized spacial score (nSPS) is 15.0. The maximum Gasteiger partial charge on any atom is 0.317 e. The van der Waals surface area contributed by atoms with Gasteiger partial charge in [0.25, 0.3) is 5.91 Å². The number of hydrogen-bond acceptors (Lipinski definition) is 6. The number of benzene rings is 1. The molecule has 1 amide bonds. The Labute approximate surface area is 178 Å². The monoisotopic (exact) mass is 429 g/mol. The van der Waals surface area contributed by atoms with E-state index in [9.17, 15) is 9.59 Å². The van der Waals surface area contributed by atoms with E-state index in [-0.39, 0.29) is 17.9 Å². The Kier molecular flexibility index (Phi) is 6.71. The number of H-pyrrole nitrogens is 1. The van der Waals surface area contributed by atoms with Crippen LogP contribution in [0.15, 0.2) is 22.7 Å². The molecule has 0 aliphatic carbocycles. The number of piperidine rings is 1. The predicted molar refractivity (Wildman–Crippen MR) is 114 cm³/mol. The van der Waals surface area contributed by atoms with Gasteiger partial charge in [0.2, 0.25) is 0 Å². The number of aryl methyl sites for hydroxylation is 2. The number of aromatic nitrogens is 3. The van der Waals surface area contributed by atoms with Gasteiger partial charge in [0.05, 0.1) is 17.8 Å². The summed E-state index contributed by atoms with van der Waals surface area (Å²) in [6.07, 6.45) is 1.73. The fourth-order valence-electron chi connectivity index (χ4n) is 4.10. The van der Waals surface area contributed by atoms with E-state index in [2.05, 4.69) is 20.7 Å². The lowest BCUT2D eigenvalue weighted by Gasteiger charge is -2.30. The Hall–Kier alpha value is -3.24. The minimum Gasteiger partial charge on any atom is -0.480 e. The van der Waals surface area contributed by atoms with Gasteiger partial charge in [-0.25, -0.2) is 0 Å². The number of likely N-dealkylation sites (tertiary alicyclic amines) is 1. The van der Waals surface area contributed by atoms with Gasteiger partial charge in [-0.2, -0.15) is 5.10 Å². The average Bonchev–Trinajstić information content (AvgIpc) is 3.29. The molecule has 1 aromatic carbocycles. The van der Waals surface area contributed by atoms with E-state index >= 15 is 0 Å². The van der Waals surface area contributed by atoms with Gasteiger partial charge in [0, 0.05) is 17.5 Å². The van der Waals surface area contributed by atoms with Crippen LogP contribution in [-0.2, 0) is 4.79 Å². The first-order valence-electron chi connectivity index (χ1n) is 10.1. The second-order valence-corrected chi connectivity index (χ2v) is 7.86. The summed E-state index contributed by atoms with van der Waals surface area (Å²) in [6, 6.07) is 5.79. The zero-order valence-corrected chi connectivity index (χ0v) is 17.6. The SMILES string of the molecule is Cc1noc(C)c1-c1ccc2[nH]nc(C(=O)NCC3CCN(CC(=O)O)CC3)c2c1.O. The third kappa shape index (κ3) is 4.75. The summed E-state index contributed by atoms with van der Waals surface area (Å²) in [5, 5.41) is 23.8. The number of fused-ring (bicyclic) bond motifs is 1. The van der Waals surface area contributed by atoms with E-state index in [1.807, 2.05) is 36.9 Å². The molecule has 2 aromatic heterocycles. The van der Waals surface area contributed by atoms with Crippen molar-refractivity contribution in [3.05, 3.63) is 35.3 Å². The van der Waals surface area contributed by atoms with Crippen molar-refractivity contribution in [1.29, 1.82) is 0 Å². The van der Waals surface area contributed by atoms with Gasteiger partial charge in [0.1, 0.15) is 5.76 Å². The number of carboxylic acid groups (broad SMARTS) is 1. The lowest BCUT2D eigenvalue weighted by atomic mass is 9.96. The summed E-state index contributed by atoms with van der Waals surface area (Å²) < 4.78 is 5.27. The van der Waals surface area contributed by atoms with Crippen molar-refractivity contribution >= 4 is 22.8 Å². The maximum absolute atomic E-state index is 12.8. The molecule has 3 aromatic rings. The molecule has 31 heavy (non-hydrogen) atoms. The second kappa shape index (κ2) is 9.27. The van der Waals surface area contributed by atoms with Crippen molar-refractivity contribution in [3.8, 4) is 11.1 Å². The van der Waals surface area contributed by atoms with Crippen LogP contribution in [0.3, 0.4) is 0 Å². The molecule has 10 heteroatoms. The molecule has 1 aliphatic rings. The van der Waals surface area contributed by atoms with Gasteiger partial charge in [0.15, 0.2) is 5.69 Å². The first kappa shape index (κ1) is 22.4. The molecule has 3 heterocycles. The first-order chi connectivity index (χ1) is 14.4. The molecule has 0 saturated carbocycles. The molecule has 0 atom stereocenters. The highest BCUT2D eigenvalue weighted by atomic mass is 16.5. The Morgan fingerprint density at radius 3 is 2.68 bits per heavy atom. The van der Waals surface area contributed by atoms with Gasteiger partial charge in [-0.05, 0) is 63.4 Å². The van der Waals surface area contributed by atoms with Crippen molar-refractivity contribution in [3.63, 3.8) is 0 Å². The van der Waals surface area contributed by atoms with Gasteiger partial charge in [-0.15, -0.1) is 0 Å². The third-order valence-corrected chi connectivity index (χ3v) is 5.72. The van der Waals surface area contributed by atoms with Gasteiger partial charge in [-0.3, -0.25) is 19.6 Å². The topological polar surface area (TPSA) is 156 Å². The van der Waals surface area contributed by atoms with Crippen LogP contribution in [0.4, 0.5) is 0 Å². The molecule has 1 saturated heterocycles. The van der Waals surface area contributed by atoms with Gasteiger partial charge >= 0.3 is 5.97 Å². The van der Waals surface area contributed by atoms with Crippen LogP contribution in [0.25, 0.3) is 22.0 Å². The summed E-state index contributed by atoms with van der Waals surface area (Å²) in [7, 11) is 0. The number of amides is 1. The molecule has 4 rings (SSSR count). The number of nitrogens with one attached hydrogen (secondary N) is 2. The zero-order chi connectivity index (χ0) is 21.3. The fourth-order valence-corrected chi connectivity index (χ4v) is 4.10. The van der Waals surface area contributed by atoms with E-state index < -0.39 is 5.97 Å². The molecule has 166 valence electrons. The van der Waals surface area contributed by atoms with Crippen LogP contribution in [0.5, 0.6) is 0 Å². The number of aromatic amines is 1. The van der Waals surface area contributed by atoms with Gasteiger partial charge < -0.3 is 20.4 Å². The standard InChI is InChI=1S/C21H25N5O4.H2O/c1-12-19(13(2)30-25-12)15-3-4-17-16(9-15)20(24-23-17)21(29)22-10-14-5-7-26(8-6-14)11-18(27)28;/h3-4,9,14H,5-8,10-11H2,1-2H3,(H,22,29)(H,23,24)(H,27,28);1H2. The molecular weight excluding hydrogens is 402 g/mol. The van der Waals surface area contributed by atoms with Crippen molar-refractivity contribution in [2.75, 3.05) is 26.2 Å². The molecule has 10 nitrogen and oxygen atoms in total. The smallest absolute Gasteiger partial charge is 0.317 e. The molecule has 5 N–H and O–H groups in total. The summed E-state index contributed by atoms with van der Waals surface area (Å²) in [4.78, 5) is 25.5. The number of carbonyl (C=O) groups is 2. The summed E-state index contributed by atoms with van der Waals surface area (Å²) in [5.41, 5.74) is 3.81. The van der Waals surface area contributed by atoms with Crippen LogP contribution in [0.1, 0.15) is 34.8 Å². The highest BCUT2D eigenvalue weighted by Gasteiger charge is 2.22. The third-order valence-electron chi connectivity index (χ3n) is 5.72. The van der Waals surface area contributed by atoms with Crippen LogP contribution < -0.4 is 5.32 Å². The molecule has 0 spiro atoms. The minimum atomic E-state index is -0.803. The molecular formula is C21H27N5O5. The zero-order valence-electron chi connectivity index (χ0n) is 17.6. The number of hydrogen-bond donors (Lipinski definition) is 3. The lowest BCUT2D eigenvalue weighted by Crippen LogP contribution is -2.40. The average molecular weight is 429 g/mol. The largest absolute Gasteiger partial charge is 0.480 e. The molecule has 0 bridgehead atoms. The summed E-state index contributed by atoms with van der Waals surface area (Å²) in [6.45, 7) is 5.85.